The van der Waals surface area contributed by atoms with E-state index >= 15 is 0 Å². The number of hydroxylamine groups is 1. The monoisotopic (exact) mass is 432 g/mol. The molecule has 1 fully saturated rings. The number of carbonyl (C=O) groups excluding carboxylic acids is 1. The van der Waals surface area contributed by atoms with Crippen molar-refractivity contribution in [2.45, 2.75) is 54.6 Å². The molecule has 1 aliphatic rings. The van der Waals surface area contributed by atoms with Crippen LogP contribution in [0.2, 0.25) is 0 Å². The third-order valence-corrected chi connectivity index (χ3v) is 8.37. The first-order chi connectivity index (χ1) is 14.4. The molecule has 162 valence electrons. The second kappa shape index (κ2) is 9.57. The number of hydrogen-bond donors (Lipinski definition) is 2. The molecule has 1 aromatic heterocycles. The molecule has 3 rings (SSSR count). The number of benzene rings is 1. The maximum absolute atomic E-state index is 13.9. The van der Waals surface area contributed by atoms with Crippen LogP contribution in [0.5, 0.6) is 5.75 Å². The molecule has 1 unspecified atom stereocenters. The van der Waals surface area contributed by atoms with Crippen LogP contribution in [0.3, 0.4) is 0 Å². The number of pyridine rings is 1. The van der Waals surface area contributed by atoms with Crippen LogP contribution in [0.4, 0.5) is 0 Å². The van der Waals surface area contributed by atoms with E-state index in [0.29, 0.717) is 11.3 Å². The minimum atomic E-state index is -4.15. The van der Waals surface area contributed by atoms with E-state index in [1.807, 2.05) is 0 Å². The summed E-state index contributed by atoms with van der Waals surface area (Å²) >= 11 is 0. The third kappa shape index (κ3) is 4.49. The highest BCUT2D eigenvalue weighted by molar-refractivity contribution is 7.93. The van der Waals surface area contributed by atoms with Gasteiger partial charge < -0.3 is 4.74 Å². The number of ether oxygens (including phenoxy) is 1. The molecular weight excluding hydrogens is 404 g/mol. The largest absolute Gasteiger partial charge is 0.497 e. The minimum absolute atomic E-state index is 0.0200. The van der Waals surface area contributed by atoms with E-state index in [1.165, 1.54) is 19.2 Å². The minimum Gasteiger partial charge on any atom is -0.497 e. The number of hydrogen-bond acceptors (Lipinski definition) is 6. The number of nitrogens with one attached hydrogen (secondary N) is 1. The molecule has 2 N–H and O–H groups in total. The van der Waals surface area contributed by atoms with E-state index in [-0.39, 0.29) is 23.7 Å². The summed E-state index contributed by atoms with van der Waals surface area (Å²) in [4.78, 5) is 17.2. The topological polar surface area (TPSA) is 106 Å². The van der Waals surface area contributed by atoms with Crippen LogP contribution in [0.1, 0.15) is 44.1 Å². The van der Waals surface area contributed by atoms with Crippen molar-refractivity contribution >= 4 is 15.7 Å². The molecule has 0 bridgehead atoms. The molecular formula is C22H28N2O5S. The lowest BCUT2D eigenvalue weighted by molar-refractivity contribution is -0.132. The normalized spacial score (nSPS) is 17.1. The Morgan fingerprint density at radius 2 is 1.90 bits per heavy atom. The van der Waals surface area contributed by atoms with Crippen LogP contribution in [0.25, 0.3) is 0 Å². The van der Waals surface area contributed by atoms with Crippen molar-refractivity contribution in [3.63, 3.8) is 0 Å². The van der Waals surface area contributed by atoms with Gasteiger partial charge in [0, 0.05) is 18.8 Å². The highest BCUT2D eigenvalue weighted by Crippen LogP contribution is 2.40. The number of aromatic nitrogens is 1. The van der Waals surface area contributed by atoms with E-state index in [0.717, 1.165) is 32.1 Å². The van der Waals surface area contributed by atoms with Crippen molar-refractivity contribution in [2.24, 2.45) is 5.92 Å². The molecule has 1 aromatic carbocycles. The van der Waals surface area contributed by atoms with Gasteiger partial charge >= 0.3 is 0 Å². The first-order valence-corrected chi connectivity index (χ1v) is 11.6. The Balaban J connectivity index is 2.12. The quantitative estimate of drug-likeness (QED) is 0.490. The number of carbonyl (C=O) groups is 1. The van der Waals surface area contributed by atoms with Crippen molar-refractivity contribution < 1.29 is 23.2 Å². The molecule has 1 atom stereocenters. The van der Waals surface area contributed by atoms with Gasteiger partial charge in [-0.05, 0) is 48.2 Å². The first-order valence-electron chi connectivity index (χ1n) is 10.1. The van der Waals surface area contributed by atoms with E-state index in [1.54, 1.807) is 42.1 Å². The van der Waals surface area contributed by atoms with Gasteiger partial charge in [0.1, 0.15) is 5.75 Å². The number of methoxy groups -OCH3 is 1. The predicted molar refractivity (Wildman–Crippen MR) is 112 cm³/mol. The van der Waals surface area contributed by atoms with Crippen molar-refractivity contribution in [2.75, 3.05) is 7.11 Å². The standard InChI is InChI=1S/C22H28N2O5S/c1-29-19-9-11-20(12-10-19)30(27,28)22(21(25)24-26,14-17-6-3-2-4-7-17)15-18-8-5-13-23-16-18/h5,8-13,16-17,26H,2-4,6-7,14-15H2,1H3,(H,24,25). The molecule has 1 saturated carbocycles. The van der Waals surface area contributed by atoms with Gasteiger partial charge in [0.2, 0.25) is 0 Å². The average Bonchev–Trinajstić information content (AvgIpc) is 2.79. The highest BCUT2D eigenvalue weighted by atomic mass is 32.2. The van der Waals surface area contributed by atoms with Crippen molar-refractivity contribution in [1.29, 1.82) is 0 Å². The van der Waals surface area contributed by atoms with Gasteiger partial charge in [-0.2, -0.15) is 0 Å². The Kier molecular flexibility index (Phi) is 7.10. The molecule has 7 nitrogen and oxygen atoms in total. The van der Waals surface area contributed by atoms with Crippen LogP contribution in [-0.4, -0.2) is 36.4 Å². The maximum atomic E-state index is 13.9. The van der Waals surface area contributed by atoms with E-state index in [4.69, 9.17) is 4.74 Å². The van der Waals surface area contributed by atoms with Crippen LogP contribution in [0.15, 0.2) is 53.7 Å². The first kappa shape index (κ1) is 22.2. The summed E-state index contributed by atoms with van der Waals surface area (Å²) in [6.07, 6.45) is 8.09. The number of nitrogens with zero attached hydrogens (tertiary/aromatic N) is 1. The van der Waals surface area contributed by atoms with Gasteiger partial charge in [0.05, 0.1) is 12.0 Å². The molecule has 1 amide bonds. The second-order valence-corrected chi connectivity index (χ2v) is 10.1. The summed E-state index contributed by atoms with van der Waals surface area (Å²) in [6.45, 7) is 0. The molecule has 1 aliphatic carbocycles. The Morgan fingerprint density at radius 1 is 1.20 bits per heavy atom. The Labute approximate surface area is 177 Å². The maximum Gasteiger partial charge on any atom is 0.265 e. The van der Waals surface area contributed by atoms with Gasteiger partial charge in [-0.1, -0.05) is 38.2 Å². The fourth-order valence-electron chi connectivity index (χ4n) is 4.34. The fourth-order valence-corrected chi connectivity index (χ4v) is 6.39. The molecule has 2 aromatic rings. The van der Waals surface area contributed by atoms with Gasteiger partial charge in [-0.3, -0.25) is 15.0 Å². The molecule has 0 radical (unpaired) electrons. The van der Waals surface area contributed by atoms with Crippen molar-refractivity contribution in [3.05, 3.63) is 54.4 Å². The molecule has 8 heteroatoms. The highest BCUT2D eigenvalue weighted by Gasteiger charge is 2.52. The summed E-state index contributed by atoms with van der Waals surface area (Å²) in [7, 11) is -2.65. The lowest BCUT2D eigenvalue weighted by Gasteiger charge is -2.35. The van der Waals surface area contributed by atoms with E-state index in [2.05, 4.69) is 4.98 Å². The molecule has 0 saturated heterocycles. The molecule has 0 aliphatic heterocycles. The van der Waals surface area contributed by atoms with Gasteiger partial charge in [-0.15, -0.1) is 0 Å². The zero-order chi connectivity index (χ0) is 21.6. The van der Waals surface area contributed by atoms with Crippen molar-refractivity contribution in [3.8, 4) is 5.75 Å². The second-order valence-electron chi connectivity index (χ2n) is 7.86. The summed E-state index contributed by atoms with van der Waals surface area (Å²) in [5.41, 5.74) is 2.27. The number of sulfone groups is 1. The lowest BCUT2D eigenvalue weighted by atomic mass is 9.80. The predicted octanol–water partition coefficient (Wildman–Crippen LogP) is 3.32. The van der Waals surface area contributed by atoms with Gasteiger partial charge in [-0.25, -0.2) is 13.9 Å². The van der Waals surface area contributed by atoms with E-state index < -0.39 is 20.5 Å². The van der Waals surface area contributed by atoms with Gasteiger partial charge in [0.15, 0.2) is 14.6 Å². The summed E-state index contributed by atoms with van der Waals surface area (Å²) in [5.74, 6) is -0.306. The van der Waals surface area contributed by atoms with Crippen LogP contribution in [0, 0.1) is 5.92 Å². The zero-order valence-corrected chi connectivity index (χ0v) is 17.9. The van der Waals surface area contributed by atoms with Crippen LogP contribution < -0.4 is 10.2 Å². The average molecular weight is 433 g/mol. The Hall–Kier alpha value is -2.45. The molecule has 1 heterocycles. The Bertz CT molecular complexity index is 941. The smallest absolute Gasteiger partial charge is 0.265 e. The van der Waals surface area contributed by atoms with E-state index in [9.17, 15) is 18.4 Å². The summed E-state index contributed by atoms with van der Waals surface area (Å²) in [5, 5.41) is 9.57. The van der Waals surface area contributed by atoms with Crippen molar-refractivity contribution in [1.82, 2.24) is 10.5 Å². The lowest BCUT2D eigenvalue weighted by Crippen LogP contribution is -2.54. The summed E-state index contributed by atoms with van der Waals surface area (Å²) < 4.78 is 31.1. The Morgan fingerprint density at radius 3 is 2.47 bits per heavy atom. The van der Waals surface area contributed by atoms with Crippen LogP contribution in [-0.2, 0) is 21.1 Å². The van der Waals surface area contributed by atoms with Crippen LogP contribution >= 0.6 is 0 Å². The third-order valence-electron chi connectivity index (χ3n) is 5.96. The molecule has 30 heavy (non-hydrogen) atoms. The zero-order valence-electron chi connectivity index (χ0n) is 17.1. The number of rotatable bonds is 8. The van der Waals surface area contributed by atoms with Gasteiger partial charge in [0.25, 0.3) is 5.91 Å². The molecule has 0 spiro atoms. The number of amides is 1. The fraction of sp³-hybridized carbons (Fsp3) is 0.455. The summed E-state index contributed by atoms with van der Waals surface area (Å²) in [6, 6.07) is 9.45. The SMILES string of the molecule is COc1ccc(S(=O)(=O)C(Cc2cccnc2)(CC2CCCCC2)C(=O)NO)cc1.